The summed E-state index contributed by atoms with van der Waals surface area (Å²) in [5.74, 6) is 0.616. The number of aromatic nitrogens is 2. The molecular formula is C33H24ClN3O2S2. The minimum atomic E-state index is -0.106. The molecule has 0 N–H and O–H groups in total. The average molecular weight is 594 g/mol. The first-order valence-corrected chi connectivity index (χ1v) is 14.6. The molecule has 1 amide bonds. The van der Waals surface area contributed by atoms with Crippen LogP contribution in [0.25, 0.3) is 23.0 Å². The third kappa shape index (κ3) is 6.12. The molecule has 5 nitrogen and oxygen atoms in total. The van der Waals surface area contributed by atoms with Crippen LogP contribution in [0.2, 0.25) is 5.02 Å². The van der Waals surface area contributed by atoms with Crippen molar-refractivity contribution in [2.75, 3.05) is 0 Å². The Morgan fingerprint density at radius 2 is 1.56 bits per heavy atom. The van der Waals surface area contributed by atoms with E-state index in [1.165, 1.54) is 11.8 Å². The molecule has 0 bridgehead atoms. The molecule has 0 atom stereocenters. The third-order valence-electron chi connectivity index (χ3n) is 6.59. The Labute approximate surface area is 253 Å². The molecule has 1 aliphatic heterocycles. The Morgan fingerprint density at radius 1 is 0.878 bits per heavy atom. The minimum absolute atomic E-state index is 0.106. The lowest BCUT2D eigenvalue weighted by atomic mass is 10.1. The molecule has 1 fully saturated rings. The van der Waals surface area contributed by atoms with E-state index in [4.69, 9.17) is 33.7 Å². The highest BCUT2D eigenvalue weighted by Crippen LogP contribution is 2.36. The van der Waals surface area contributed by atoms with Gasteiger partial charge in [-0.25, -0.2) is 4.68 Å². The maximum atomic E-state index is 13.4. The highest BCUT2D eigenvalue weighted by atomic mass is 35.5. The number of benzene rings is 4. The normalized spacial score (nSPS) is 14.2. The lowest BCUT2D eigenvalue weighted by Gasteiger charge is -2.14. The van der Waals surface area contributed by atoms with Crippen LogP contribution in [0.15, 0.2) is 120 Å². The summed E-state index contributed by atoms with van der Waals surface area (Å²) in [5.41, 5.74) is 5.34. The van der Waals surface area contributed by atoms with Crippen LogP contribution in [0.1, 0.15) is 16.7 Å². The van der Waals surface area contributed by atoms with Crippen molar-refractivity contribution >= 4 is 51.9 Å². The molecule has 8 heteroatoms. The average Bonchev–Trinajstić information content (AvgIpc) is 3.54. The van der Waals surface area contributed by atoms with Gasteiger partial charge in [-0.3, -0.25) is 9.69 Å². The number of thiocarbonyl (C=S) groups is 1. The standard InChI is InChI=1S/C33H24ClN3O2S2/c34-29-14-8-7-11-25(29)22-39-28-17-15-24(16-18-28)31-26(21-37(35-31)27-12-5-2-6-13-27)19-30-32(38)36(33(40)41-30)20-23-9-3-1-4-10-23/h1-19,21H,20,22H2/b30-19+. The Balaban J connectivity index is 1.29. The van der Waals surface area contributed by atoms with E-state index in [1.54, 1.807) is 4.90 Å². The van der Waals surface area contributed by atoms with Gasteiger partial charge >= 0.3 is 0 Å². The quantitative estimate of drug-likeness (QED) is 0.134. The maximum Gasteiger partial charge on any atom is 0.266 e. The molecule has 41 heavy (non-hydrogen) atoms. The number of hydrogen-bond donors (Lipinski definition) is 0. The van der Waals surface area contributed by atoms with Gasteiger partial charge in [0.15, 0.2) is 0 Å². The maximum absolute atomic E-state index is 13.4. The van der Waals surface area contributed by atoms with Gasteiger partial charge in [0.1, 0.15) is 16.7 Å². The molecule has 202 valence electrons. The zero-order valence-electron chi connectivity index (χ0n) is 21.8. The van der Waals surface area contributed by atoms with Crippen LogP contribution in [0.5, 0.6) is 5.75 Å². The summed E-state index contributed by atoms with van der Waals surface area (Å²) in [7, 11) is 0. The zero-order valence-corrected chi connectivity index (χ0v) is 24.2. The van der Waals surface area contributed by atoms with Gasteiger partial charge in [-0.15, -0.1) is 0 Å². The number of ether oxygens (including phenoxy) is 1. The van der Waals surface area contributed by atoms with Crippen molar-refractivity contribution in [3.8, 4) is 22.7 Å². The largest absolute Gasteiger partial charge is 0.489 e. The summed E-state index contributed by atoms with van der Waals surface area (Å²) >= 11 is 13.2. The van der Waals surface area contributed by atoms with Crippen molar-refractivity contribution in [2.24, 2.45) is 0 Å². The minimum Gasteiger partial charge on any atom is -0.489 e. The SMILES string of the molecule is O=C1/C(=C\c2cn(-c3ccccc3)nc2-c2ccc(OCc3ccccc3Cl)cc2)SC(=S)N1Cc1ccccc1. The van der Waals surface area contributed by atoms with Gasteiger partial charge in [-0.05, 0) is 54.1 Å². The number of nitrogens with zero attached hydrogens (tertiary/aromatic N) is 3. The molecule has 1 saturated heterocycles. The number of halogens is 1. The molecule has 0 aliphatic carbocycles. The van der Waals surface area contributed by atoms with Gasteiger partial charge < -0.3 is 4.74 Å². The van der Waals surface area contributed by atoms with Crippen molar-refractivity contribution < 1.29 is 9.53 Å². The van der Waals surface area contributed by atoms with Crippen molar-refractivity contribution in [3.05, 3.63) is 142 Å². The molecule has 2 heterocycles. The van der Waals surface area contributed by atoms with E-state index < -0.39 is 0 Å². The molecule has 0 saturated carbocycles. The topological polar surface area (TPSA) is 47.4 Å². The molecule has 6 rings (SSSR count). The molecule has 0 radical (unpaired) electrons. The Morgan fingerprint density at radius 3 is 2.29 bits per heavy atom. The van der Waals surface area contributed by atoms with E-state index in [0.29, 0.717) is 27.4 Å². The summed E-state index contributed by atoms with van der Waals surface area (Å²) in [4.78, 5) is 15.6. The monoisotopic (exact) mass is 593 g/mol. The number of hydrogen-bond acceptors (Lipinski definition) is 5. The van der Waals surface area contributed by atoms with Crippen LogP contribution in [0, 0.1) is 0 Å². The van der Waals surface area contributed by atoms with Gasteiger partial charge in [0.05, 0.1) is 22.8 Å². The van der Waals surface area contributed by atoms with E-state index in [9.17, 15) is 4.79 Å². The molecule has 1 aliphatic rings. The third-order valence-corrected chi connectivity index (χ3v) is 8.33. The summed E-state index contributed by atoms with van der Waals surface area (Å²) in [6.07, 6.45) is 3.82. The Kier molecular flexibility index (Phi) is 8.00. The molecule has 0 spiro atoms. The summed E-state index contributed by atoms with van der Waals surface area (Å²) in [6, 6.07) is 35.1. The number of carbonyl (C=O) groups is 1. The van der Waals surface area contributed by atoms with E-state index in [1.807, 2.05) is 126 Å². The fourth-order valence-electron chi connectivity index (χ4n) is 4.46. The summed E-state index contributed by atoms with van der Waals surface area (Å²) in [6.45, 7) is 0.812. The lowest BCUT2D eigenvalue weighted by Crippen LogP contribution is -2.27. The number of para-hydroxylation sites is 1. The molecule has 0 unspecified atom stereocenters. The first-order valence-electron chi connectivity index (χ1n) is 13.0. The highest BCUT2D eigenvalue weighted by Gasteiger charge is 2.32. The lowest BCUT2D eigenvalue weighted by molar-refractivity contribution is -0.122. The predicted octanol–water partition coefficient (Wildman–Crippen LogP) is 8.17. The molecular weight excluding hydrogens is 570 g/mol. The Bertz CT molecular complexity index is 1740. The summed E-state index contributed by atoms with van der Waals surface area (Å²) < 4.78 is 8.34. The van der Waals surface area contributed by atoms with E-state index in [-0.39, 0.29) is 5.91 Å². The molecule has 1 aromatic heterocycles. The van der Waals surface area contributed by atoms with Crippen molar-refractivity contribution in [1.82, 2.24) is 14.7 Å². The van der Waals surface area contributed by atoms with Gasteiger partial charge in [0.25, 0.3) is 5.91 Å². The Hall–Kier alpha value is -4.17. The zero-order chi connectivity index (χ0) is 28.2. The second-order valence-corrected chi connectivity index (χ2v) is 11.5. The fraction of sp³-hybridized carbons (Fsp3) is 0.0606. The van der Waals surface area contributed by atoms with Crippen molar-refractivity contribution in [2.45, 2.75) is 13.2 Å². The van der Waals surface area contributed by atoms with Gasteiger partial charge in [-0.1, -0.05) is 102 Å². The summed E-state index contributed by atoms with van der Waals surface area (Å²) in [5, 5.41) is 5.58. The van der Waals surface area contributed by atoms with E-state index in [2.05, 4.69) is 0 Å². The van der Waals surface area contributed by atoms with Crippen LogP contribution in [-0.4, -0.2) is 24.9 Å². The number of amides is 1. The van der Waals surface area contributed by atoms with Crippen LogP contribution in [0.4, 0.5) is 0 Å². The fourth-order valence-corrected chi connectivity index (χ4v) is 5.90. The number of thioether (sulfide) groups is 1. The predicted molar refractivity (Wildman–Crippen MR) is 170 cm³/mol. The van der Waals surface area contributed by atoms with E-state index >= 15 is 0 Å². The van der Waals surface area contributed by atoms with Gasteiger partial charge in [0, 0.05) is 27.9 Å². The molecule has 4 aromatic carbocycles. The van der Waals surface area contributed by atoms with Crippen LogP contribution in [-0.2, 0) is 17.9 Å². The van der Waals surface area contributed by atoms with Crippen LogP contribution in [0.3, 0.4) is 0 Å². The highest BCUT2D eigenvalue weighted by molar-refractivity contribution is 8.26. The van der Waals surface area contributed by atoms with Crippen LogP contribution < -0.4 is 4.74 Å². The van der Waals surface area contributed by atoms with Crippen LogP contribution >= 0.6 is 35.6 Å². The second kappa shape index (κ2) is 12.1. The van der Waals surface area contributed by atoms with Gasteiger partial charge in [0.2, 0.25) is 0 Å². The van der Waals surface area contributed by atoms with Crippen molar-refractivity contribution in [3.63, 3.8) is 0 Å². The first-order chi connectivity index (χ1) is 20.0. The van der Waals surface area contributed by atoms with Crippen molar-refractivity contribution in [1.29, 1.82) is 0 Å². The van der Waals surface area contributed by atoms with E-state index in [0.717, 1.165) is 39.4 Å². The second-order valence-electron chi connectivity index (χ2n) is 9.37. The van der Waals surface area contributed by atoms with Gasteiger partial charge in [-0.2, -0.15) is 5.10 Å². The smallest absolute Gasteiger partial charge is 0.266 e. The first kappa shape index (κ1) is 27.0. The number of rotatable bonds is 8. The molecule has 5 aromatic rings. The number of carbonyl (C=O) groups excluding carboxylic acids is 1.